The Kier molecular flexibility index (Phi) is 7.07. The number of aryl methyl sites for hydroxylation is 1. The van der Waals surface area contributed by atoms with Crippen molar-refractivity contribution in [3.8, 4) is 0 Å². The summed E-state index contributed by atoms with van der Waals surface area (Å²) < 4.78 is 7.13. The van der Waals surface area contributed by atoms with E-state index in [1.54, 1.807) is 50.6 Å². The largest absolute Gasteiger partial charge is 0.444 e. The third-order valence-corrected chi connectivity index (χ3v) is 4.22. The third-order valence-electron chi connectivity index (χ3n) is 3.86. The fraction of sp³-hybridized carbons (Fsp3) is 0.350. The number of hydrogen-bond donors (Lipinski definition) is 3. The Morgan fingerprint density at radius 3 is 2.41 bits per heavy atom. The molecule has 0 aliphatic heterocycles. The number of ether oxygens (including phenoxy) is 1. The van der Waals surface area contributed by atoms with Gasteiger partial charge in [-0.25, -0.2) is 4.79 Å². The van der Waals surface area contributed by atoms with E-state index in [-0.39, 0.29) is 29.4 Å². The minimum atomic E-state index is -0.573. The fourth-order valence-electron chi connectivity index (χ4n) is 2.59. The predicted molar refractivity (Wildman–Crippen MR) is 116 cm³/mol. The van der Waals surface area contributed by atoms with E-state index in [0.717, 1.165) is 10.9 Å². The monoisotopic (exact) mass is 464 g/mol. The van der Waals surface area contributed by atoms with Crippen LogP contribution in [0.5, 0.6) is 0 Å². The number of benzene rings is 1. The maximum atomic E-state index is 12.5. The smallest absolute Gasteiger partial charge is 0.407 e. The van der Waals surface area contributed by atoms with Gasteiger partial charge in [-0.2, -0.15) is 0 Å². The molecule has 9 heteroatoms. The van der Waals surface area contributed by atoms with Crippen molar-refractivity contribution in [2.75, 3.05) is 18.4 Å². The molecule has 3 amide bonds. The molecule has 1 heterocycles. The Labute approximate surface area is 177 Å². The van der Waals surface area contributed by atoms with Crippen molar-refractivity contribution >= 4 is 50.4 Å². The van der Waals surface area contributed by atoms with Crippen molar-refractivity contribution < 1.29 is 19.1 Å². The van der Waals surface area contributed by atoms with E-state index in [4.69, 9.17) is 4.74 Å². The van der Waals surface area contributed by atoms with Crippen LogP contribution in [0, 0.1) is 0 Å². The van der Waals surface area contributed by atoms with Crippen LogP contribution >= 0.6 is 15.9 Å². The number of hydrogen-bond acceptors (Lipinski definition) is 4. The van der Waals surface area contributed by atoms with Gasteiger partial charge in [-0.05, 0) is 61.0 Å². The number of fused-ring (bicyclic) bond motifs is 1. The van der Waals surface area contributed by atoms with E-state index in [1.807, 2.05) is 6.07 Å². The number of carbonyl (C=O) groups is 3. The second kappa shape index (κ2) is 9.13. The van der Waals surface area contributed by atoms with Gasteiger partial charge in [0.25, 0.3) is 11.8 Å². The lowest BCUT2D eigenvalue weighted by molar-refractivity contribution is -0.112. The van der Waals surface area contributed by atoms with Gasteiger partial charge in [0.1, 0.15) is 11.3 Å². The summed E-state index contributed by atoms with van der Waals surface area (Å²) in [6.07, 6.45) is -0.530. The van der Waals surface area contributed by atoms with E-state index in [1.165, 1.54) is 0 Å². The molecule has 8 nitrogen and oxygen atoms in total. The van der Waals surface area contributed by atoms with Crippen LogP contribution in [0.1, 0.15) is 31.3 Å². The maximum Gasteiger partial charge on any atom is 0.407 e. The zero-order chi connectivity index (χ0) is 21.8. The normalized spacial score (nSPS) is 11.1. The number of nitrogens with one attached hydrogen (secondary N) is 3. The van der Waals surface area contributed by atoms with Crippen LogP contribution in [-0.4, -0.2) is 41.2 Å². The molecule has 0 aliphatic rings. The summed E-state index contributed by atoms with van der Waals surface area (Å²) in [5.74, 6) is -0.607. The summed E-state index contributed by atoms with van der Waals surface area (Å²) in [5, 5.41) is 8.87. The number of anilines is 1. The van der Waals surface area contributed by atoms with Crippen molar-refractivity contribution in [3.05, 3.63) is 41.0 Å². The standard InChI is InChI=1S/C20H25BrN4O4/c1-12(21)17(26)24-14-6-7-15-13(10-14)11-16(25(15)5)18(27)22-8-9-23-19(28)29-20(2,3)4/h6-7,10-11H,1,8-9H2,2-5H3,(H,22,27)(H,23,28)(H,24,26). The number of alkyl carbamates (subject to hydrolysis) is 1. The van der Waals surface area contributed by atoms with Crippen LogP contribution in [0.4, 0.5) is 10.5 Å². The van der Waals surface area contributed by atoms with Gasteiger partial charge < -0.3 is 25.3 Å². The molecule has 0 spiro atoms. The van der Waals surface area contributed by atoms with Gasteiger partial charge in [0.15, 0.2) is 0 Å². The molecule has 0 fully saturated rings. The van der Waals surface area contributed by atoms with Crippen LogP contribution < -0.4 is 16.0 Å². The summed E-state index contributed by atoms with van der Waals surface area (Å²) in [6.45, 7) is 9.38. The van der Waals surface area contributed by atoms with Crippen molar-refractivity contribution in [1.29, 1.82) is 0 Å². The molecule has 0 bridgehead atoms. The Balaban J connectivity index is 1.99. The second-order valence-corrected chi connectivity index (χ2v) is 8.36. The van der Waals surface area contributed by atoms with E-state index < -0.39 is 11.7 Å². The third kappa shape index (κ3) is 6.35. The molecule has 2 aromatic rings. The van der Waals surface area contributed by atoms with E-state index in [9.17, 15) is 14.4 Å². The number of nitrogens with zero attached hydrogens (tertiary/aromatic N) is 1. The summed E-state index contributed by atoms with van der Waals surface area (Å²) >= 11 is 3.04. The zero-order valence-corrected chi connectivity index (χ0v) is 18.5. The second-order valence-electron chi connectivity index (χ2n) is 7.41. The number of aromatic nitrogens is 1. The number of halogens is 1. The molecule has 0 atom stereocenters. The summed E-state index contributed by atoms with van der Waals surface area (Å²) in [6, 6.07) is 7.10. The maximum absolute atomic E-state index is 12.5. The van der Waals surface area contributed by atoms with Gasteiger partial charge in [-0.15, -0.1) is 0 Å². The van der Waals surface area contributed by atoms with Crippen LogP contribution in [0.25, 0.3) is 10.9 Å². The van der Waals surface area contributed by atoms with Crippen LogP contribution in [0.2, 0.25) is 0 Å². The highest BCUT2D eigenvalue weighted by molar-refractivity contribution is 9.12. The van der Waals surface area contributed by atoms with Gasteiger partial charge in [-0.1, -0.05) is 6.58 Å². The number of amides is 3. The highest BCUT2D eigenvalue weighted by atomic mass is 79.9. The lowest BCUT2D eigenvalue weighted by Gasteiger charge is -2.19. The van der Waals surface area contributed by atoms with Gasteiger partial charge in [-0.3, -0.25) is 9.59 Å². The molecule has 0 saturated heterocycles. The highest BCUT2D eigenvalue weighted by Gasteiger charge is 2.16. The predicted octanol–water partition coefficient (Wildman–Crippen LogP) is 3.28. The van der Waals surface area contributed by atoms with Crippen LogP contribution in [0.3, 0.4) is 0 Å². The molecule has 3 N–H and O–H groups in total. The van der Waals surface area contributed by atoms with Crippen molar-refractivity contribution in [2.45, 2.75) is 26.4 Å². The molecule has 0 radical (unpaired) electrons. The van der Waals surface area contributed by atoms with E-state index >= 15 is 0 Å². The van der Waals surface area contributed by atoms with Crippen molar-refractivity contribution in [1.82, 2.24) is 15.2 Å². The highest BCUT2D eigenvalue weighted by Crippen LogP contribution is 2.23. The minimum Gasteiger partial charge on any atom is -0.444 e. The molecule has 29 heavy (non-hydrogen) atoms. The molecule has 0 aliphatic carbocycles. The summed E-state index contributed by atoms with van der Waals surface area (Å²) in [4.78, 5) is 35.8. The number of rotatable bonds is 6. The molecular weight excluding hydrogens is 440 g/mol. The first-order valence-corrected chi connectivity index (χ1v) is 9.77. The van der Waals surface area contributed by atoms with Gasteiger partial charge in [0.2, 0.25) is 0 Å². The first-order chi connectivity index (χ1) is 13.5. The molecule has 0 unspecified atom stereocenters. The average Bonchev–Trinajstić information content (AvgIpc) is 2.93. The molecular formula is C20H25BrN4O4. The molecule has 1 aromatic carbocycles. The molecule has 2 rings (SSSR count). The Bertz CT molecular complexity index is 959. The van der Waals surface area contributed by atoms with Crippen LogP contribution in [0.15, 0.2) is 35.3 Å². The molecule has 0 saturated carbocycles. The van der Waals surface area contributed by atoms with Gasteiger partial charge in [0, 0.05) is 36.7 Å². The van der Waals surface area contributed by atoms with Crippen LogP contribution in [-0.2, 0) is 16.6 Å². The first kappa shape index (κ1) is 22.5. The van der Waals surface area contributed by atoms with Crippen molar-refractivity contribution in [3.63, 3.8) is 0 Å². The lowest BCUT2D eigenvalue weighted by atomic mass is 10.2. The van der Waals surface area contributed by atoms with E-state index in [2.05, 4.69) is 38.5 Å². The van der Waals surface area contributed by atoms with Crippen molar-refractivity contribution in [2.24, 2.45) is 7.05 Å². The summed E-state index contributed by atoms with van der Waals surface area (Å²) in [5.41, 5.74) is 1.34. The Morgan fingerprint density at radius 2 is 1.79 bits per heavy atom. The quantitative estimate of drug-likeness (QED) is 0.450. The minimum absolute atomic E-state index is 0.228. The lowest BCUT2D eigenvalue weighted by Crippen LogP contribution is -2.38. The fourth-order valence-corrected chi connectivity index (χ4v) is 2.69. The summed E-state index contributed by atoms with van der Waals surface area (Å²) in [7, 11) is 1.79. The molecule has 1 aromatic heterocycles. The van der Waals surface area contributed by atoms with E-state index in [0.29, 0.717) is 11.4 Å². The Hall–Kier alpha value is -2.81. The zero-order valence-electron chi connectivity index (χ0n) is 16.9. The number of carbonyl (C=O) groups excluding carboxylic acids is 3. The SMILES string of the molecule is C=C(Br)C(=O)Nc1ccc2c(c1)cc(C(=O)NCCNC(=O)OC(C)(C)C)n2C. The topological polar surface area (TPSA) is 101 Å². The average molecular weight is 465 g/mol. The van der Waals surface area contributed by atoms with Gasteiger partial charge in [0.05, 0.1) is 4.48 Å². The Morgan fingerprint density at radius 1 is 1.14 bits per heavy atom. The molecule has 156 valence electrons. The van der Waals surface area contributed by atoms with Gasteiger partial charge >= 0.3 is 6.09 Å². The first-order valence-electron chi connectivity index (χ1n) is 8.98.